The van der Waals surface area contributed by atoms with E-state index in [2.05, 4.69) is 26.7 Å². The van der Waals surface area contributed by atoms with Gasteiger partial charge in [-0.3, -0.25) is 4.90 Å². The van der Waals surface area contributed by atoms with Crippen molar-refractivity contribution < 1.29 is 14.2 Å². The van der Waals surface area contributed by atoms with Crippen molar-refractivity contribution >= 4 is 0 Å². The number of aromatic nitrogens is 2. The van der Waals surface area contributed by atoms with Gasteiger partial charge in [-0.1, -0.05) is 0 Å². The highest BCUT2D eigenvalue weighted by molar-refractivity contribution is 5.51. The highest BCUT2D eigenvalue weighted by atomic mass is 16.5. The summed E-state index contributed by atoms with van der Waals surface area (Å²) in [4.78, 5) is 6.64. The van der Waals surface area contributed by atoms with E-state index < -0.39 is 0 Å². The Hall–Kier alpha value is -2.21. The van der Waals surface area contributed by atoms with Crippen molar-refractivity contribution in [3.63, 3.8) is 0 Å². The van der Waals surface area contributed by atoms with Gasteiger partial charge in [0.15, 0.2) is 11.5 Å². The largest absolute Gasteiger partial charge is 0.496 e. The Balaban J connectivity index is 1.39. The minimum absolute atomic E-state index is 0.694. The van der Waals surface area contributed by atoms with Crippen LogP contribution >= 0.6 is 0 Å². The van der Waals surface area contributed by atoms with E-state index in [-0.39, 0.29) is 0 Å². The maximum absolute atomic E-state index is 5.85. The molecule has 0 spiro atoms. The van der Waals surface area contributed by atoms with Crippen molar-refractivity contribution in [2.45, 2.75) is 32.4 Å². The number of hydrogen-bond acceptors (Lipinski definition) is 5. The number of likely N-dealkylation sites (tertiary alicyclic amines) is 1. The van der Waals surface area contributed by atoms with E-state index in [0.29, 0.717) is 13.2 Å². The molecule has 0 bridgehead atoms. The van der Waals surface area contributed by atoms with Gasteiger partial charge in [-0.25, -0.2) is 4.98 Å². The molecule has 1 aromatic heterocycles. The van der Waals surface area contributed by atoms with Crippen LogP contribution < -0.4 is 14.2 Å². The lowest BCUT2D eigenvalue weighted by Gasteiger charge is -2.32. The van der Waals surface area contributed by atoms with Crippen LogP contribution in [0.2, 0.25) is 0 Å². The van der Waals surface area contributed by atoms with Crippen molar-refractivity contribution in [2.24, 2.45) is 5.92 Å². The van der Waals surface area contributed by atoms with Crippen molar-refractivity contribution in [2.75, 3.05) is 33.4 Å². The summed E-state index contributed by atoms with van der Waals surface area (Å²) < 4.78 is 19.4. The fourth-order valence-electron chi connectivity index (χ4n) is 3.81. The van der Waals surface area contributed by atoms with Crippen molar-refractivity contribution in [3.8, 4) is 17.2 Å². The van der Waals surface area contributed by atoms with E-state index in [0.717, 1.165) is 55.8 Å². The lowest BCUT2D eigenvalue weighted by Crippen LogP contribution is -2.34. The average molecular weight is 357 g/mol. The fourth-order valence-corrected chi connectivity index (χ4v) is 3.81. The van der Waals surface area contributed by atoms with Gasteiger partial charge in [0.05, 0.1) is 26.7 Å². The number of fused-ring (bicyclic) bond motifs is 1. The van der Waals surface area contributed by atoms with Gasteiger partial charge in [-0.15, -0.1) is 0 Å². The van der Waals surface area contributed by atoms with Gasteiger partial charge in [-0.05, 0) is 37.9 Å². The molecule has 1 fully saturated rings. The predicted molar refractivity (Wildman–Crippen MR) is 98.8 cm³/mol. The second kappa shape index (κ2) is 7.99. The average Bonchev–Trinajstić information content (AvgIpc) is 3.06. The number of benzene rings is 1. The SMILES string of the molecule is COc1cc2c(cc1CN1CCC(Cn3ccnc3)CC1)OCCCO2. The molecular formula is C20H27N3O3. The number of nitrogens with zero attached hydrogens (tertiary/aromatic N) is 3. The number of imidazole rings is 1. The van der Waals surface area contributed by atoms with Gasteiger partial charge >= 0.3 is 0 Å². The summed E-state index contributed by atoms with van der Waals surface area (Å²) >= 11 is 0. The van der Waals surface area contributed by atoms with Crippen LogP contribution in [-0.2, 0) is 13.1 Å². The molecule has 0 aliphatic carbocycles. The first-order valence-corrected chi connectivity index (χ1v) is 9.46. The normalized spacial score (nSPS) is 18.5. The molecule has 6 heteroatoms. The quantitative estimate of drug-likeness (QED) is 0.823. The van der Waals surface area contributed by atoms with E-state index in [1.165, 1.54) is 18.4 Å². The molecule has 0 radical (unpaired) electrons. The molecule has 0 amide bonds. The summed E-state index contributed by atoms with van der Waals surface area (Å²) in [6, 6.07) is 4.07. The summed E-state index contributed by atoms with van der Waals surface area (Å²) in [5.41, 5.74) is 1.17. The molecule has 0 N–H and O–H groups in total. The van der Waals surface area contributed by atoms with Crippen LogP contribution in [0.15, 0.2) is 30.9 Å². The van der Waals surface area contributed by atoms with Crippen molar-refractivity contribution in [1.82, 2.24) is 14.5 Å². The molecule has 1 aromatic carbocycles. The zero-order valence-corrected chi connectivity index (χ0v) is 15.4. The van der Waals surface area contributed by atoms with E-state index in [1.807, 2.05) is 18.6 Å². The molecule has 0 atom stereocenters. The van der Waals surface area contributed by atoms with E-state index in [1.54, 1.807) is 7.11 Å². The minimum Gasteiger partial charge on any atom is -0.496 e. The summed E-state index contributed by atoms with van der Waals surface area (Å²) in [5, 5.41) is 0. The molecular weight excluding hydrogens is 330 g/mol. The molecule has 140 valence electrons. The van der Waals surface area contributed by atoms with E-state index in [4.69, 9.17) is 14.2 Å². The van der Waals surface area contributed by atoms with Crippen LogP contribution in [-0.4, -0.2) is 47.9 Å². The lowest BCUT2D eigenvalue weighted by atomic mass is 9.96. The van der Waals surface area contributed by atoms with Crippen LogP contribution in [0.1, 0.15) is 24.8 Å². The molecule has 0 unspecified atom stereocenters. The van der Waals surface area contributed by atoms with Gasteiger partial charge < -0.3 is 18.8 Å². The molecule has 2 aromatic rings. The fraction of sp³-hybridized carbons (Fsp3) is 0.550. The molecule has 1 saturated heterocycles. The van der Waals surface area contributed by atoms with Gasteiger partial charge in [-0.2, -0.15) is 0 Å². The highest BCUT2D eigenvalue weighted by Crippen LogP contribution is 2.37. The Morgan fingerprint density at radius 2 is 1.92 bits per heavy atom. The second-order valence-electron chi connectivity index (χ2n) is 7.14. The van der Waals surface area contributed by atoms with Crippen LogP contribution in [0.4, 0.5) is 0 Å². The van der Waals surface area contributed by atoms with E-state index in [9.17, 15) is 0 Å². The minimum atomic E-state index is 0.694. The number of ether oxygens (including phenoxy) is 3. The maximum Gasteiger partial charge on any atom is 0.164 e. The van der Waals surface area contributed by atoms with Crippen LogP contribution in [0, 0.1) is 5.92 Å². The molecule has 2 aliphatic heterocycles. The summed E-state index contributed by atoms with van der Waals surface area (Å²) in [7, 11) is 1.72. The topological polar surface area (TPSA) is 48.8 Å². The third-order valence-corrected chi connectivity index (χ3v) is 5.28. The van der Waals surface area contributed by atoms with Crippen molar-refractivity contribution in [1.29, 1.82) is 0 Å². The highest BCUT2D eigenvalue weighted by Gasteiger charge is 2.22. The smallest absolute Gasteiger partial charge is 0.164 e. The number of rotatable bonds is 5. The monoisotopic (exact) mass is 357 g/mol. The summed E-state index contributed by atoms with van der Waals surface area (Å²) in [6.07, 6.45) is 9.16. The lowest BCUT2D eigenvalue weighted by molar-refractivity contribution is 0.165. The molecule has 2 aliphatic rings. The first-order valence-electron chi connectivity index (χ1n) is 9.46. The second-order valence-corrected chi connectivity index (χ2v) is 7.14. The van der Waals surface area contributed by atoms with Crippen molar-refractivity contribution in [3.05, 3.63) is 36.4 Å². The van der Waals surface area contributed by atoms with Gasteiger partial charge in [0, 0.05) is 43.5 Å². The van der Waals surface area contributed by atoms with E-state index >= 15 is 0 Å². The third kappa shape index (κ3) is 3.96. The first kappa shape index (κ1) is 17.2. The standard InChI is InChI=1S/C20H27N3O3/c1-24-18-12-20-19(25-9-2-10-26-20)11-17(18)14-22-6-3-16(4-7-22)13-23-8-5-21-15-23/h5,8,11-12,15-16H,2-4,6-7,9-10,13-14H2,1H3. The van der Waals surface area contributed by atoms with Gasteiger partial charge in [0.25, 0.3) is 0 Å². The summed E-state index contributed by atoms with van der Waals surface area (Å²) in [5.74, 6) is 3.25. The Morgan fingerprint density at radius 3 is 2.62 bits per heavy atom. The Kier molecular flexibility index (Phi) is 5.29. The zero-order chi connectivity index (χ0) is 17.8. The number of hydrogen-bond donors (Lipinski definition) is 0. The Labute approximate surface area is 154 Å². The Morgan fingerprint density at radius 1 is 1.15 bits per heavy atom. The Bertz CT molecular complexity index is 709. The zero-order valence-electron chi connectivity index (χ0n) is 15.4. The molecule has 0 saturated carbocycles. The van der Waals surface area contributed by atoms with Crippen LogP contribution in [0.3, 0.4) is 0 Å². The van der Waals surface area contributed by atoms with Crippen LogP contribution in [0.5, 0.6) is 17.2 Å². The molecule has 6 nitrogen and oxygen atoms in total. The predicted octanol–water partition coefficient (Wildman–Crippen LogP) is 2.97. The van der Waals surface area contributed by atoms with Crippen LogP contribution in [0.25, 0.3) is 0 Å². The molecule has 4 rings (SSSR count). The third-order valence-electron chi connectivity index (χ3n) is 5.28. The number of methoxy groups -OCH3 is 1. The molecule has 3 heterocycles. The number of piperidine rings is 1. The first-order chi connectivity index (χ1) is 12.8. The van der Waals surface area contributed by atoms with Gasteiger partial charge in [0.1, 0.15) is 5.75 Å². The summed E-state index contributed by atoms with van der Waals surface area (Å²) in [6.45, 7) is 5.57. The maximum atomic E-state index is 5.85. The molecule has 26 heavy (non-hydrogen) atoms. The van der Waals surface area contributed by atoms with Gasteiger partial charge in [0.2, 0.25) is 0 Å².